The van der Waals surface area contributed by atoms with E-state index in [4.69, 9.17) is 0 Å². The van der Waals surface area contributed by atoms with Crippen LogP contribution in [0.5, 0.6) is 0 Å². The predicted molar refractivity (Wildman–Crippen MR) is 41.1 cm³/mol. The average Bonchev–Trinajstić information content (AvgIpc) is 2.40. The van der Waals surface area contributed by atoms with Crippen molar-refractivity contribution in [3.63, 3.8) is 0 Å². The van der Waals surface area contributed by atoms with Crippen LogP contribution >= 0.6 is 0 Å². The van der Waals surface area contributed by atoms with E-state index >= 15 is 0 Å². The third-order valence-electron chi connectivity index (χ3n) is 1.61. The lowest BCUT2D eigenvalue weighted by Crippen LogP contribution is -2.26. The summed E-state index contributed by atoms with van der Waals surface area (Å²) in [7, 11) is 0. The highest BCUT2D eigenvalue weighted by molar-refractivity contribution is 5.09. The largest absolute Gasteiger partial charge is 0.264 e. The van der Waals surface area contributed by atoms with Crippen molar-refractivity contribution >= 4 is 13.2 Å². The van der Waals surface area contributed by atoms with Crippen molar-refractivity contribution in [2.75, 3.05) is 0 Å². The van der Waals surface area contributed by atoms with E-state index in [1.165, 1.54) is 0 Å². The van der Waals surface area contributed by atoms with E-state index < -0.39 is 0 Å². The second kappa shape index (κ2) is 1.53. The molecule has 2 heterocycles. The van der Waals surface area contributed by atoms with Gasteiger partial charge in [0, 0.05) is 12.4 Å². The lowest BCUT2D eigenvalue weighted by molar-refractivity contribution is 0.667. The van der Waals surface area contributed by atoms with Crippen molar-refractivity contribution in [1.82, 2.24) is 9.35 Å². The van der Waals surface area contributed by atoms with Crippen LogP contribution in [0, 0.1) is 0 Å². The number of hydrogen-bond donors (Lipinski definition) is 0. The van der Waals surface area contributed by atoms with Crippen LogP contribution in [0.4, 0.5) is 0 Å². The summed E-state index contributed by atoms with van der Waals surface area (Å²) in [5.74, 6) is 0. The summed E-state index contributed by atoms with van der Waals surface area (Å²) in [5.41, 5.74) is 0. The third kappa shape index (κ3) is 0.480. The van der Waals surface area contributed by atoms with Crippen molar-refractivity contribution in [2.24, 2.45) is 0 Å². The van der Waals surface area contributed by atoms with E-state index in [2.05, 4.69) is 13.2 Å². The Morgan fingerprint density at radius 3 is 1.90 bits per heavy atom. The first-order chi connectivity index (χ1) is 4.79. The summed E-state index contributed by atoms with van der Waals surface area (Å²) < 4.78 is 3.89. The summed E-state index contributed by atoms with van der Waals surface area (Å²) in [6.45, 7) is 7.69. The SMILES string of the molecule is C=c1ccn2ccc(=C)n1-2. The summed E-state index contributed by atoms with van der Waals surface area (Å²) in [6, 6.07) is 3.91. The fraction of sp³-hybridized carbons (Fsp3) is 0. The van der Waals surface area contributed by atoms with Gasteiger partial charge >= 0.3 is 0 Å². The zero-order valence-corrected chi connectivity index (χ0v) is 5.62. The van der Waals surface area contributed by atoms with E-state index in [9.17, 15) is 0 Å². The van der Waals surface area contributed by atoms with Crippen molar-refractivity contribution < 1.29 is 0 Å². The molecule has 0 bridgehead atoms. The molecule has 0 fully saturated rings. The van der Waals surface area contributed by atoms with Crippen molar-refractivity contribution in [3.05, 3.63) is 35.2 Å². The third-order valence-corrected chi connectivity index (χ3v) is 1.61. The van der Waals surface area contributed by atoms with Gasteiger partial charge in [0.15, 0.2) is 0 Å². The van der Waals surface area contributed by atoms with Crippen LogP contribution in [0.25, 0.3) is 13.2 Å². The van der Waals surface area contributed by atoms with E-state index in [-0.39, 0.29) is 0 Å². The molecule has 2 aliphatic rings. The molecule has 0 aliphatic carbocycles. The lowest BCUT2D eigenvalue weighted by atomic mass is 10.6. The molecule has 2 nitrogen and oxygen atoms in total. The maximum Gasteiger partial charge on any atom is 0.0579 e. The Hall–Kier alpha value is -1.44. The Morgan fingerprint density at radius 1 is 1.00 bits per heavy atom. The number of hydrogen-bond acceptors (Lipinski definition) is 0. The van der Waals surface area contributed by atoms with Gasteiger partial charge in [-0.1, -0.05) is 13.2 Å². The van der Waals surface area contributed by atoms with Gasteiger partial charge in [-0.3, -0.25) is 9.35 Å². The zero-order valence-electron chi connectivity index (χ0n) is 5.62. The van der Waals surface area contributed by atoms with Crippen LogP contribution in [0.1, 0.15) is 0 Å². The Labute approximate surface area is 58.6 Å². The van der Waals surface area contributed by atoms with E-state index in [1.54, 1.807) is 0 Å². The molecule has 0 aromatic heterocycles. The normalized spacial score (nSPS) is 10.8. The zero-order chi connectivity index (χ0) is 7.14. The molecular formula is C8H8N2. The van der Waals surface area contributed by atoms with Crippen molar-refractivity contribution in [3.8, 4) is 0 Å². The minimum absolute atomic E-state index is 0.968. The van der Waals surface area contributed by atoms with Crippen LogP contribution in [-0.4, -0.2) is 9.35 Å². The molecule has 2 rings (SSSR count). The molecule has 0 atom stereocenters. The molecule has 10 heavy (non-hydrogen) atoms. The molecule has 0 saturated heterocycles. The Balaban J connectivity index is 3.07. The molecule has 0 aromatic rings. The van der Waals surface area contributed by atoms with E-state index in [0.29, 0.717) is 0 Å². The van der Waals surface area contributed by atoms with Gasteiger partial charge in [-0.15, -0.1) is 0 Å². The first kappa shape index (κ1) is 5.35. The molecule has 0 unspecified atom stereocenters. The molecule has 0 spiro atoms. The van der Waals surface area contributed by atoms with Crippen LogP contribution in [0.2, 0.25) is 0 Å². The lowest BCUT2D eigenvalue weighted by Gasteiger charge is -1.97. The van der Waals surface area contributed by atoms with Crippen LogP contribution in [0.15, 0.2) is 24.5 Å². The van der Waals surface area contributed by atoms with Gasteiger partial charge < -0.3 is 0 Å². The van der Waals surface area contributed by atoms with E-state index in [0.717, 1.165) is 10.7 Å². The van der Waals surface area contributed by atoms with Gasteiger partial charge in [0.25, 0.3) is 0 Å². The van der Waals surface area contributed by atoms with Gasteiger partial charge in [-0.25, -0.2) is 0 Å². The first-order valence-corrected chi connectivity index (χ1v) is 3.11. The number of fused-ring (bicyclic) bond motifs is 1. The highest BCUT2D eigenvalue weighted by Gasteiger charge is 1.96. The smallest absolute Gasteiger partial charge is 0.0579 e. The second-order valence-electron chi connectivity index (χ2n) is 2.31. The number of aromatic nitrogens is 2. The van der Waals surface area contributed by atoms with Crippen molar-refractivity contribution in [2.45, 2.75) is 0 Å². The molecule has 50 valence electrons. The topological polar surface area (TPSA) is 9.86 Å². The molecule has 0 N–H and O–H groups in total. The maximum absolute atomic E-state index is 3.84. The second-order valence-corrected chi connectivity index (χ2v) is 2.31. The van der Waals surface area contributed by atoms with Gasteiger partial charge in [-0.05, 0) is 12.1 Å². The minimum Gasteiger partial charge on any atom is -0.264 e. The Kier molecular flexibility index (Phi) is 0.822. The predicted octanol–water partition coefficient (Wildman–Crippen LogP) is -0.141. The summed E-state index contributed by atoms with van der Waals surface area (Å²) in [4.78, 5) is 0. The molecule has 2 aliphatic heterocycles. The van der Waals surface area contributed by atoms with Crippen molar-refractivity contribution in [1.29, 1.82) is 0 Å². The first-order valence-electron chi connectivity index (χ1n) is 3.11. The van der Waals surface area contributed by atoms with Gasteiger partial charge in [0.2, 0.25) is 0 Å². The summed E-state index contributed by atoms with van der Waals surface area (Å²) >= 11 is 0. The fourth-order valence-corrected chi connectivity index (χ4v) is 1.13. The maximum atomic E-state index is 3.84. The number of nitrogens with zero attached hydrogens (tertiary/aromatic N) is 2. The molecule has 2 heteroatoms. The van der Waals surface area contributed by atoms with Crippen LogP contribution < -0.4 is 10.7 Å². The minimum atomic E-state index is 0.968. The molecular weight excluding hydrogens is 124 g/mol. The molecule has 0 saturated carbocycles. The highest BCUT2D eigenvalue weighted by atomic mass is 15.5. The van der Waals surface area contributed by atoms with Crippen LogP contribution in [-0.2, 0) is 0 Å². The van der Waals surface area contributed by atoms with Gasteiger partial charge in [-0.2, -0.15) is 0 Å². The molecule has 0 aromatic carbocycles. The molecule has 0 radical (unpaired) electrons. The summed E-state index contributed by atoms with van der Waals surface area (Å²) in [5, 5.41) is 1.94. The molecule has 0 amide bonds. The van der Waals surface area contributed by atoms with E-state index in [1.807, 2.05) is 33.9 Å². The standard InChI is InChI=1S/C8H8N2/c1-7-3-5-9-6-4-8(2)10(7)9/h3-6H,1-2H2. The Bertz CT molecular complexity index is 371. The summed E-state index contributed by atoms with van der Waals surface area (Å²) in [6.07, 6.45) is 3.91. The monoisotopic (exact) mass is 132 g/mol. The average molecular weight is 132 g/mol. The highest BCUT2D eigenvalue weighted by Crippen LogP contribution is 1.84. The van der Waals surface area contributed by atoms with Gasteiger partial charge in [0.05, 0.1) is 10.7 Å². The Morgan fingerprint density at radius 2 is 1.50 bits per heavy atom. The van der Waals surface area contributed by atoms with Gasteiger partial charge in [0.1, 0.15) is 0 Å². The fourth-order valence-electron chi connectivity index (χ4n) is 1.13. The quantitative estimate of drug-likeness (QED) is 0.472. The van der Waals surface area contributed by atoms with Crippen LogP contribution in [0.3, 0.4) is 0 Å². The number of rotatable bonds is 0.